The molecule has 35 heavy (non-hydrogen) atoms. The minimum absolute atomic E-state index is 0.00443. The number of carbonyl (C=O) groups is 2. The van der Waals surface area contributed by atoms with Crippen LogP contribution >= 0.6 is 0 Å². The fraction of sp³-hybridized carbons (Fsp3) is 0.517. The van der Waals surface area contributed by atoms with Gasteiger partial charge in [0.15, 0.2) is 0 Å². The maximum absolute atomic E-state index is 13.4. The minimum Gasteiger partial charge on any atom is -0.492 e. The summed E-state index contributed by atoms with van der Waals surface area (Å²) < 4.78 is 6.08. The van der Waals surface area contributed by atoms with Crippen molar-refractivity contribution < 1.29 is 14.3 Å². The van der Waals surface area contributed by atoms with E-state index in [1.165, 1.54) is 5.56 Å². The molecule has 188 valence electrons. The van der Waals surface area contributed by atoms with Crippen LogP contribution in [-0.4, -0.2) is 78.9 Å². The molecule has 0 spiro atoms. The van der Waals surface area contributed by atoms with E-state index in [0.29, 0.717) is 24.6 Å². The van der Waals surface area contributed by atoms with Crippen molar-refractivity contribution in [1.29, 1.82) is 0 Å². The standard InChI is InChI=1S/C29H39N3O3/c1-23(33)32-18-15-25-11-6-7-16-31(17-14-24-9-4-3-5-10-24)19-20-35-27-13-8-12-26(21-27)29(34)30(2)28(25)22-32/h3-5,8-10,12-13,21,25,28H,6-7,11,14-20,22H2,1-2H3/t25-,28+/m1/s1. The highest BCUT2D eigenvalue weighted by Gasteiger charge is 2.35. The average Bonchev–Trinajstić information content (AvgIpc) is 2.88. The number of ether oxygens (including phenoxy) is 1. The van der Waals surface area contributed by atoms with Gasteiger partial charge in [-0.05, 0) is 61.9 Å². The number of nitrogens with zero attached hydrogens (tertiary/aromatic N) is 3. The van der Waals surface area contributed by atoms with Crippen molar-refractivity contribution in [2.24, 2.45) is 5.92 Å². The van der Waals surface area contributed by atoms with Crippen LogP contribution in [0.15, 0.2) is 54.6 Å². The Balaban J connectivity index is 1.49. The molecule has 0 unspecified atom stereocenters. The number of likely N-dealkylation sites (tertiary alicyclic amines) is 1. The molecular weight excluding hydrogens is 438 g/mol. The predicted octanol–water partition coefficient (Wildman–Crippen LogP) is 4.10. The number of amides is 2. The van der Waals surface area contributed by atoms with Crippen LogP contribution in [0, 0.1) is 5.92 Å². The topological polar surface area (TPSA) is 53.1 Å². The molecule has 6 nitrogen and oxygen atoms in total. The van der Waals surface area contributed by atoms with Crippen molar-refractivity contribution in [3.63, 3.8) is 0 Å². The fourth-order valence-electron chi connectivity index (χ4n) is 5.42. The van der Waals surface area contributed by atoms with Gasteiger partial charge in [0.25, 0.3) is 5.91 Å². The number of rotatable bonds is 3. The Bertz CT molecular complexity index is 980. The van der Waals surface area contributed by atoms with Gasteiger partial charge < -0.3 is 14.5 Å². The van der Waals surface area contributed by atoms with Crippen molar-refractivity contribution >= 4 is 11.8 Å². The molecule has 2 atom stereocenters. The summed E-state index contributed by atoms with van der Waals surface area (Å²) in [7, 11) is 1.89. The van der Waals surface area contributed by atoms with Crippen LogP contribution in [-0.2, 0) is 11.2 Å². The summed E-state index contributed by atoms with van der Waals surface area (Å²) in [6.07, 6.45) is 5.31. The van der Waals surface area contributed by atoms with Gasteiger partial charge in [-0.3, -0.25) is 14.5 Å². The summed E-state index contributed by atoms with van der Waals surface area (Å²) in [6, 6.07) is 18.2. The van der Waals surface area contributed by atoms with Crippen LogP contribution in [0.2, 0.25) is 0 Å². The molecule has 6 heteroatoms. The molecule has 0 N–H and O–H groups in total. The summed E-state index contributed by atoms with van der Waals surface area (Å²) in [5.41, 5.74) is 2.00. The molecule has 2 amide bonds. The summed E-state index contributed by atoms with van der Waals surface area (Å²) in [5.74, 6) is 1.22. The van der Waals surface area contributed by atoms with Gasteiger partial charge in [0.2, 0.25) is 5.91 Å². The number of hydrogen-bond donors (Lipinski definition) is 0. The molecule has 0 saturated carbocycles. The third kappa shape index (κ3) is 6.85. The maximum Gasteiger partial charge on any atom is 0.254 e. The van der Waals surface area contributed by atoms with Crippen molar-refractivity contribution in [2.45, 2.75) is 45.1 Å². The van der Waals surface area contributed by atoms with Crippen LogP contribution in [0.25, 0.3) is 0 Å². The van der Waals surface area contributed by atoms with E-state index in [1.54, 1.807) is 6.92 Å². The van der Waals surface area contributed by atoms with Crippen molar-refractivity contribution in [3.8, 4) is 5.75 Å². The van der Waals surface area contributed by atoms with Gasteiger partial charge in [0, 0.05) is 45.7 Å². The lowest BCUT2D eigenvalue weighted by Gasteiger charge is -2.43. The zero-order chi connectivity index (χ0) is 24.6. The summed E-state index contributed by atoms with van der Waals surface area (Å²) >= 11 is 0. The first kappa shape index (κ1) is 25.2. The monoisotopic (exact) mass is 477 g/mol. The number of benzene rings is 2. The van der Waals surface area contributed by atoms with E-state index in [9.17, 15) is 9.59 Å². The van der Waals surface area contributed by atoms with Crippen LogP contribution in [0.3, 0.4) is 0 Å². The van der Waals surface area contributed by atoms with Gasteiger partial charge in [-0.1, -0.05) is 42.8 Å². The molecule has 2 bridgehead atoms. The van der Waals surface area contributed by atoms with Crippen molar-refractivity contribution in [1.82, 2.24) is 14.7 Å². The lowest BCUT2D eigenvalue weighted by atomic mass is 9.86. The first-order chi connectivity index (χ1) is 17.0. The van der Waals surface area contributed by atoms with E-state index in [4.69, 9.17) is 4.74 Å². The maximum atomic E-state index is 13.4. The number of carbonyl (C=O) groups excluding carboxylic acids is 2. The molecular formula is C29H39N3O3. The normalized spacial score (nSPS) is 22.5. The molecule has 1 fully saturated rings. The average molecular weight is 478 g/mol. The highest BCUT2D eigenvalue weighted by Crippen LogP contribution is 2.28. The Morgan fingerprint density at radius 3 is 2.63 bits per heavy atom. The van der Waals surface area contributed by atoms with E-state index in [0.717, 1.165) is 64.0 Å². The van der Waals surface area contributed by atoms with E-state index < -0.39 is 0 Å². The predicted molar refractivity (Wildman–Crippen MR) is 139 cm³/mol. The third-order valence-electron chi connectivity index (χ3n) is 7.60. The van der Waals surface area contributed by atoms with E-state index in [2.05, 4.69) is 35.2 Å². The second-order valence-electron chi connectivity index (χ2n) is 9.95. The van der Waals surface area contributed by atoms with Crippen LogP contribution in [0.5, 0.6) is 5.75 Å². The summed E-state index contributed by atoms with van der Waals surface area (Å²) in [4.78, 5) is 31.8. The Labute approximate surface area is 209 Å². The molecule has 2 aliphatic rings. The van der Waals surface area contributed by atoms with Crippen LogP contribution in [0.1, 0.15) is 48.5 Å². The fourth-order valence-corrected chi connectivity index (χ4v) is 5.42. The zero-order valence-electron chi connectivity index (χ0n) is 21.2. The Morgan fingerprint density at radius 1 is 1.00 bits per heavy atom. The molecule has 2 aliphatic heterocycles. The van der Waals surface area contributed by atoms with E-state index >= 15 is 0 Å². The zero-order valence-corrected chi connectivity index (χ0v) is 21.2. The Morgan fingerprint density at radius 2 is 1.83 bits per heavy atom. The quantitative estimate of drug-likeness (QED) is 0.668. The molecule has 0 aromatic heterocycles. The third-order valence-corrected chi connectivity index (χ3v) is 7.60. The molecule has 0 radical (unpaired) electrons. The van der Waals surface area contributed by atoms with Gasteiger partial charge in [-0.2, -0.15) is 0 Å². The lowest BCUT2D eigenvalue weighted by Crippen LogP contribution is -2.54. The second kappa shape index (κ2) is 12.2. The molecule has 4 rings (SSSR count). The Kier molecular flexibility index (Phi) is 8.80. The molecule has 1 saturated heterocycles. The van der Waals surface area contributed by atoms with E-state index in [-0.39, 0.29) is 17.9 Å². The van der Waals surface area contributed by atoms with E-state index in [1.807, 2.05) is 41.1 Å². The number of likely N-dealkylation sites (N-methyl/N-ethyl adjacent to an activating group) is 1. The highest BCUT2D eigenvalue weighted by molar-refractivity contribution is 5.94. The Hall–Kier alpha value is -2.86. The number of hydrogen-bond acceptors (Lipinski definition) is 4. The summed E-state index contributed by atoms with van der Waals surface area (Å²) in [6.45, 7) is 6.54. The highest BCUT2D eigenvalue weighted by atomic mass is 16.5. The number of piperidine rings is 1. The van der Waals surface area contributed by atoms with Crippen molar-refractivity contribution in [3.05, 3.63) is 65.7 Å². The largest absolute Gasteiger partial charge is 0.492 e. The second-order valence-corrected chi connectivity index (χ2v) is 9.95. The van der Waals surface area contributed by atoms with Gasteiger partial charge in [-0.25, -0.2) is 0 Å². The minimum atomic E-state index is -0.00443. The smallest absolute Gasteiger partial charge is 0.254 e. The van der Waals surface area contributed by atoms with Gasteiger partial charge in [0.05, 0.1) is 6.04 Å². The number of fused-ring (bicyclic) bond motifs is 3. The molecule has 2 aromatic carbocycles. The summed E-state index contributed by atoms with van der Waals surface area (Å²) in [5, 5.41) is 0. The van der Waals surface area contributed by atoms with Crippen LogP contribution in [0.4, 0.5) is 0 Å². The molecule has 0 aliphatic carbocycles. The molecule has 2 aromatic rings. The van der Waals surface area contributed by atoms with Crippen LogP contribution < -0.4 is 4.74 Å². The SMILES string of the molecule is CC(=O)N1CC[C@H]2CCCCN(CCc3ccccc3)CCOc3cccc(c3)C(=O)N(C)[C@H]2C1. The van der Waals surface area contributed by atoms with Gasteiger partial charge in [-0.15, -0.1) is 0 Å². The first-order valence-electron chi connectivity index (χ1n) is 13.0. The molecule has 2 heterocycles. The van der Waals surface area contributed by atoms with Gasteiger partial charge in [0.1, 0.15) is 12.4 Å². The lowest BCUT2D eigenvalue weighted by molar-refractivity contribution is -0.131. The first-order valence-corrected chi connectivity index (χ1v) is 13.0. The van der Waals surface area contributed by atoms with Crippen molar-refractivity contribution in [2.75, 3.05) is 46.4 Å². The van der Waals surface area contributed by atoms with Gasteiger partial charge >= 0.3 is 0 Å².